The molecule has 0 fully saturated rings. The zero-order valence-corrected chi connectivity index (χ0v) is 14.3. The fourth-order valence-electron chi connectivity index (χ4n) is 2.94. The third kappa shape index (κ3) is 3.10. The van der Waals surface area contributed by atoms with E-state index < -0.39 is 0 Å². The lowest BCUT2D eigenvalue weighted by Crippen LogP contribution is -3.00. The van der Waals surface area contributed by atoms with E-state index in [1.165, 1.54) is 49.2 Å². The number of fused-ring (bicyclic) bond motifs is 1. The van der Waals surface area contributed by atoms with Crippen LogP contribution in [0, 0.1) is 0 Å². The van der Waals surface area contributed by atoms with E-state index in [1.807, 2.05) is 0 Å². The van der Waals surface area contributed by atoms with Crippen LogP contribution in [-0.2, 0) is 5.41 Å². The molecule has 2 heteroatoms. The minimum atomic E-state index is 0. The lowest BCUT2D eigenvalue weighted by atomic mass is 9.82. The van der Waals surface area contributed by atoms with Gasteiger partial charge in [-0.1, -0.05) is 38.0 Å². The Morgan fingerprint density at radius 2 is 1.74 bits per heavy atom. The number of halogens is 1. The first-order valence-electron chi connectivity index (χ1n) is 7.30. The number of hydrogen-bond donors (Lipinski definition) is 0. The highest BCUT2D eigenvalue weighted by Crippen LogP contribution is 2.39. The van der Waals surface area contributed by atoms with Gasteiger partial charge in [0.05, 0.1) is 5.41 Å². The lowest BCUT2D eigenvalue weighted by Gasteiger charge is -2.14. The zero-order valence-electron chi connectivity index (χ0n) is 12.7. The Balaban J connectivity index is 0.00000180. The lowest BCUT2D eigenvalue weighted by molar-refractivity contribution is -0.439. The van der Waals surface area contributed by atoms with E-state index in [0.29, 0.717) is 0 Å². The average Bonchev–Trinajstić information content (AvgIpc) is 2.56. The van der Waals surface area contributed by atoms with Gasteiger partial charge in [-0.3, -0.25) is 0 Å². The second kappa shape index (κ2) is 6.69. The highest BCUT2D eigenvalue weighted by atomic mass is 79.9. The first-order valence-corrected chi connectivity index (χ1v) is 7.30. The number of para-hydroxylation sites is 1. The van der Waals surface area contributed by atoms with Crippen LogP contribution in [0.3, 0.4) is 0 Å². The van der Waals surface area contributed by atoms with Crippen LogP contribution in [0.4, 0.5) is 5.69 Å². The summed E-state index contributed by atoms with van der Waals surface area (Å²) < 4.78 is 2.53. The van der Waals surface area contributed by atoms with Gasteiger partial charge in [0.1, 0.15) is 6.54 Å². The summed E-state index contributed by atoms with van der Waals surface area (Å²) in [6.45, 7) is 10.4. The highest BCUT2D eigenvalue weighted by molar-refractivity contribution is 5.93. The predicted octanol–water partition coefficient (Wildman–Crippen LogP) is 1.67. The molecule has 0 unspecified atom stereocenters. The molecule has 0 aromatic heterocycles. The van der Waals surface area contributed by atoms with Gasteiger partial charge >= 0.3 is 0 Å². The number of hydrogen-bond acceptors (Lipinski definition) is 0. The Bertz CT molecular complexity index is 460. The number of rotatable bonds is 5. The molecule has 0 spiro atoms. The largest absolute Gasteiger partial charge is 1.00 e. The Morgan fingerprint density at radius 1 is 1.05 bits per heavy atom. The first-order chi connectivity index (χ1) is 8.59. The second-order valence-electron chi connectivity index (χ2n) is 5.94. The number of unbranched alkanes of at least 4 members (excludes halogenated alkanes) is 3. The normalized spacial score (nSPS) is 16.2. The molecule has 2 rings (SSSR count). The smallest absolute Gasteiger partial charge is 0.209 e. The quantitative estimate of drug-likeness (QED) is 0.573. The van der Waals surface area contributed by atoms with Crippen molar-refractivity contribution in [1.82, 2.24) is 0 Å². The Labute approximate surface area is 128 Å². The molecular formula is C17H26BrN. The van der Waals surface area contributed by atoms with Crippen LogP contribution in [0.2, 0.25) is 0 Å². The Hall–Kier alpha value is -0.630. The standard InChI is InChI=1S/C17H26N.BrH/c1-5-6-7-10-13-18-14(2)17(3,4)15-11-8-9-12-16(15)18;/h8-9,11-12H,5-7,10,13H2,1-4H3;1H/q+1;/p-1. The molecule has 0 N–H and O–H groups in total. The molecule has 1 heterocycles. The van der Waals surface area contributed by atoms with E-state index in [0.717, 1.165) is 0 Å². The van der Waals surface area contributed by atoms with Crippen LogP contribution in [0.5, 0.6) is 0 Å². The zero-order chi connectivity index (χ0) is 13.2. The van der Waals surface area contributed by atoms with Gasteiger partial charge in [0.15, 0.2) is 5.71 Å². The van der Waals surface area contributed by atoms with Crippen molar-refractivity contribution in [1.29, 1.82) is 0 Å². The molecule has 0 aliphatic carbocycles. The summed E-state index contributed by atoms with van der Waals surface area (Å²) in [7, 11) is 0. The molecule has 1 aliphatic heterocycles. The predicted molar refractivity (Wildman–Crippen MR) is 79.1 cm³/mol. The van der Waals surface area contributed by atoms with Crippen molar-refractivity contribution < 1.29 is 21.6 Å². The minimum absolute atomic E-state index is 0. The molecule has 1 nitrogen and oxygen atoms in total. The maximum atomic E-state index is 2.53. The van der Waals surface area contributed by atoms with Crippen LogP contribution in [0.25, 0.3) is 0 Å². The summed E-state index contributed by atoms with van der Waals surface area (Å²) in [4.78, 5) is 0. The molecular weight excluding hydrogens is 298 g/mol. The summed E-state index contributed by atoms with van der Waals surface area (Å²) in [6.07, 6.45) is 5.32. The van der Waals surface area contributed by atoms with Crippen molar-refractivity contribution in [2.24, 2.45) is 0 Å². The van der Waals surface area contributed by atoms with Crippen molar-refractivity contribution in [3.05, 3.63) is 29.8 Å². The van der Waals surface area contributed by atoms with Gasteiger partial charge in [-0.2, -0.15) is 4.58 Å². The highest BCUT2D eigenvalue weighted by Gasteiger charge is 2.42. The van der Waals surface area contributed by atoms with Crippen molar-refractivity contribution in [3.8, 4) is 0 Å². The molecule has 0 amide bonds. The molecule has 106 valence electrons. The Morgan fingerprint density at radius 3 is 2.42 bits per heavy atom. The fourth-order valence-corrected chi connectivity index (χ4v) is 2.94. The van der Waals surface area contributed by atoms with Crippen LogP contribution >= 0.6 is 0 Å². The summed E-state index contributed by atoms with van der Waals surface area (Å²) in [5.41, 5.74) is 4.61. The first kappa shape index (κ1) is 16.4. The van der Waals surface area contributed by atoms with Crippen molar-refractivity contribution in [3.63, 3.8) is 0 Å². The van der Waals surface area contributed by atoms with E-state index in [4.69, 9.17) is 0 Å². The van der Waals surface area contributed by atoms with Crippen molar-refractivity contribution in [2.45, 2.75) is 58.8 Å². The molecule has 0 saturated heterocycles. The summed E-state index contributed by atoms with van der Waals surface area (Å²) in [5, 5.41) is 0. The van der Waals surface area contributed by atoms with Crippen LogP contribution in [0.15, 0.2) is 24.3 Å². The SMILES string of the molecule is CCCCCC[N+]1=C(C)C(C)(C)c2ccccc21.[Br-]. The maximum Gasteiger partial charge on any atom is 0.209 e. The van der Waals surface area contributed by atoms with Gasteiger partial charge in [-0.05, 0) is 20.3 Å². The Kier molecular flexibility index (Phi) is 5.79. The van der Waals surface area contributed by atoms with Crippen LogP contribution in [-0.4, -0.2) is 16.8 Å². The van der Waals surface area contributed by atoms with Crippen LogP contribution < -0.4 is 17.0 Å². The van der Waals surface area contributed by atoms with Crippen molar-refractivity contribution in [2.75, 3.05) is 6.54 Å². The van der Waals surface area contributed by atoms with Gasteiger partial charge in [0.2, 0.25) is 5.69 Å². The van der Waals surface area contributed by atoms with E-state index in [9.17, 15) is 0 Å². The summed E-state index contributed by atoms with van der Waals surface area (Å²) >= 11 is 0. The molecule has 1 aliphatic rings. The molecule has 1 aromatic rings. The molecule has 0 atom stereocenters. The maximum absolute atomic E-state index is 2.53. The fraction of sp³-hybridized carbons (Fsp3) is 0.588. The minimum Gasteiger partial charge on any atom is -1.00 e. The molecule has 0 bridgehead atoms. The second-order valence-corrected chi connectivity index (χ2v) is 5.94. The molecule has 1 aromatic carbocycles. The monoisotopic (exact) mass is 323 g/mol. The molecule has 0 radical (unpaired) electrons. The summed E-state index contributed by atoms with van der Waals surface area (Å²) in [6, 6.07) is 8.87. The van der Waals surface area contributed by atoms with Gasteiger partial charge in [-0.25, -0.2) is 0 Å². The van der Waals surface area contributed by atoms with Crippen LogP contribution in [0.1, 0.15) is 58.9 Å². The van der Waals surface area contributed by atoms with Gasteiger partial charge in [0, 0.05) is 25.0 Å². The van der Waals surface area contributed by atoms with Gasteiger partial charge in [-0.15, -0.1) is 0 Å². The van der Waals surface area contributed by atoms with E-state index in [-0.39, 0.29) is 22.4 Å². The van der Waals surface area contributed by atoms with Gasteiger partial charge < -0.3 is 17.0 Å². The average molecular weight is 324 g/mol. The molecule has 0 saturated carbocycles. The third-order valence-corrected chi connectivity index (χ3v) is 4.41. The number of nitrogens with zero attached hydrogens (tertiary/aromatic N) is 1. The topological polar surface area (TPSA) is 3.01 Å². The van der Waals surface area contributed by atoms with Crippen molar-refractivity contribution >= 4 is 11.4 Å². The summed E-state index contributed by atoms with van der Waals surface area (Å²) in [5.74, 6) is 0. The van der Waals surface area contributed by atoms with E-state index >= 15 is 0 Å². The third-order valence-electron chi connectivity index (χ3n) is 4.41. The van der Waals surface area contributed by atoms with E-state index in [2.05, 4.69) is 56.5 Å². The van der Waals surface area contributed by atoms with E-state index in [1.54, 1.807) is 0 Å². The van der Waals surface area contributed by atoms with Gasteiger partial charge in [0.25, 0.3) is 0 Å². The number of benzene rings is 1. The molecule has 19 heavy (non-hydrogen) atoms.